The van der Waals surface area contributed by atoms with Crippen LogP contribution in [0.1, 0.15) is 124 Å². The standard InChI is InChI=1S/C16H30O4.C6H14/c1-2-3-4-5-6-7-8-9-10-11-12-14(16(19)20)13-15(17)18;1-3-5-6-4-2/h14H,2-13H2,1H3,(H,17,18)(H,19,20);3-6H2,1-2H3. The monoisotopic (exact) mass is 372 g/mol. The number of carboxylic acids is 2. The Morgan fingerprint density at radius 3 is 1.31 bits per heavy atom. The average Bonchev–Trinajstić information content (AvgIpc) is 2.60. The van der Waals surface area contributed by atoms with Crippen LogP contribution in [0.25, 0.3) is 0 Å². The second kappa shape index (κ2) is 22.0. The molecule has 4 nitrogen and oxygen atoms in total. The van der Waals surface area contributed by atoms with Crippen molar-refractivity contribution in [1.29, 1.82) is 0 Å². The summed E-state index contributed by atoms with van der Waals surface area (Å²) in [6.45, 7) is 6.68. The summed E-state index contributed by atoms with van der Waals surface area (Å²) in [5.74, 6) is -2.73. The molecule has 0 aliphatic rings. The molecule has 0 saturated carbocycles. The zero-order valence-electron chi connectivity index (χ0n) is 17.6. The molecule has 0 fully saturated rings. The third-order valence-corrected chi connectivity index (χ3v) is 4.63. The van der Waals surface area contributed by atoms with Gasteiger partial charge in [-0.25, -0.2) is 0 Å². The van der Waals surface area contributed by atoms with Gasteiger partial charge < -0.3 is 10.2 Å². The van der Waals surface area contributed by atoms with Crippen molar-refractivity contribution in [1.82, 2.24) is 0 Å². The summed E-state index contributed by atoms with van der Waals surface area (Å²) in [5, 5.41) is 17.5. The zero-order chi connectivity index (χ0) is 20.0. The van der Waals surface area contributed by atoms with Crippen LogP contribution in [0.2, 0.25) is 0 Å². The van der Waals surface area contributed by atoms with Gasteiger partial charge in [-0.15, -0.1) is 0 Å². The normalized spacial score (nSPS) is 11.5. The number of rotatable bonds is 17. The van der Waals surface area contributed by atoms with E-state index in [0.717, 1.165) is 19.3 Å². The Balaban J connectivity index is 0. The summed E-state index contributed by atoms with van der Waals surface area (Å²) < 4.78 is 0. The maximum Gasteiger partial charge on any atom is 0.307 e. The van der Waals surface area contributed by atoms with Crippen molar-refractivity contribution in [3.05, 3.63) is 0 Å². The summed E-state index contributed by atoms with van der Waals surface area (Å²) in [6, 6.07) is 0. The summed E-state index contributed by atoms with van der Waals surface area (Å²) in [6.07, 6.45) is 17.8. The van der Waals surface area contributed by atoms with Crippen LogP contribution in [0.4, 0.5) is 0 Å². The second-order valence-corrected chi connectivity index (χ2v) is 7.31. The second-order valence-electron chi connectivity index (χ2n) is 7.31. The van der Waals surface area contributed by atoms with E-state index in [9.17, 15) is 9.59 Å². The van der Waals surface area contributed by atoms with Crippen LogP contribution < -0.4 is 0 Å². The van der Waals surface area contributed by atoms with Gasteiger partial charge in [-0.2, -0.15) is 0 Å². The first-order valence-electron chi connectivity index (χ1n) is 10.9. The molecule has 0 radical (unpaired) electrons. The van der Waals surface area contributed by atoms with Gasteiger partial charge >= 0.3 is 11.9 Å². The number of aliphatic carboxylic acids is 2. The summed E-state index contributed by atoms with van der Waals surface area (Å²) >= 11 is 0. The van der Waals surface area contributed by atoms with Gasteiger partial charge in [0.05, 0.1) is 12.3 Å². The lowest BCUT2D eigenvalue weighted by atomic mass is 9.97. The average molecular weight is 373 g/mol. The minimum absolute atomic E-state index is 0.257. The lowest BCUT2D eigenvalue weighted by molar-refractivity contribution is -0.148. The molecular weight excluding hydrogens is 328 g/mol. The topological polar surface area (TPSA) is 74.6 Å². The van der Waals surface area contributed by atoms with Crippen molar-refractivity contribution in [2.75, 3.05) is 0 Å². The molecule has 0 spiro atoms. The highest BCUT2D eigenvalue weighted by molar-refractivity contribution is 5.77. The Morgan fingerprint density at radius 1 is 0.615 bits per heavy atom. The quantitative estimate of drug-likeness (QED) is 0.268. The molecule has 0 aliphatic carbocycles. The van der Waals surface area contributed by atoms with E-state index in [1.54, 1.807) is 0 Å². The molecule has 0 amide bonds. The van der Waals surface area contributed by atoms with Gasteiger partial charge in [0.1, 0.15) is 0 Å². The molecule has 1 atom stereocenters. The highest BCUT2D eigenvalue weighted by Crippen LogP contribution is 2.16. The van der Waals surface area contributed by atoms with E-state index in [1.807, 2.05) is 0 Å². The lowest BCUT2D eigenvalue weighted by Crippen LogP contribution is -2.17. The van der Waals surface area contributed by atoms with Crippen molar-refractivity contribution in [2.24, 2.45) is 5.92 Å². The van der Waals surface area contributed by atoms with Crippen LogP contribution in [0.15, 0.2) is 0 Å². The first-order valence-corrected chi connectivity index (χ1v) is 10.9. The molecule has 0 bridgehead atoms. The number of hydrogen-bond acceptors (Lipinski definition) is 2. The van der Waals surface area contributed by atoms with Crippen LogP contribution in [0.3, 0.4) is 0 Å². The number of hydrogen-bond donors (Lipinski definition) is 2. The van der Waals surface area contributed by atoms with Gasteiger partial charge in [-0.3, -0.25) is 9.59 Å². The van der Waals surface area contributed by atoms with Gasteiger partial charge in [0, 0.05) is 0 Å². The molecule has 0 rings (SSSR count). The van der Waals surface area contributed by atoms with Crippen LogP contribution in [-0.2, 0) is 9.59 Å². The zero-order valence-corrected chi connectivity index (χ0v) is 17.6. The van der Waals surface area contributed by atoms with Crippen LogP contribution >= 0.6 is 0 Å². The molecule has 0 saturated heterocycles. The Hall–Kier alpha value is -1.06. The predicted octanol–water partition coefficient (Wildman–Crippen LogP) is 7.06. The summed E-state index contributed by atoms with van der Waals surface area (Å²) in [7, 11) is 0. The molecule has 26 heavy (non-hydrogen) atoms. The van der Waals surface area contributed by atoms with E-state index < -0.39 is 17.9 Å². The fourth-order valence-corrected chi connectivity index (χ4v) is 2.90. The molecule has 0 aliphatic heterocycles. The summed E-state index contributed by atoms with van der Waals surface area (Å²) in [5.41, 5.74) is 0. The van der Waals surface area contributed by atoms with Crippen molar-refractivity contribution in [2.45, 2.75) is 124 Å². The van der Waals surface area contributed by atoms with Crippen LogP contribution in [0.5, 0.6) is 0 Å². The number of carbonyl (C=O) groups is 2. The molecular formula is C22H44O4. The predicted molar refractivity (Wildman–Crippen MR) is 110 cm³/mol. The lowest BCUT2D eigenvalue weighted by Gasteiger charge is -2.09. The first kappa shape index (κ1) is 27.2. The van der Waals surface area contributed by atoms with Gasteiger partial charge in [0.15, 0.2) is 0 Å². The maximum atomic E-state index is 10.9. The minimum atomic E-state index is -1.02. The molecule has 156 valence electrons. The minimum Gasteiger partial charge on any atom is -0.481 e. The third-order valence-electron chi connectivity index (χ3n) is 4.63. The summed E-state index contributed by atoms with van der Waals surface area (Å²) in [4.78, 5) is 21.4. The van der Waals surface area contributed by atoms with Gasteiger partial charge in [-0.05, 0) is 6.42 Å². The largest absolute Gasteiger partial charge is 0.481 e. The van der Waals surface area contributed by atoms with Crippen molar-refractivity contribution in [3.8, 4) is 0 Å². The fraction of sp³-hybridized carbons (Fsp3) is 0.909. The van der Waals surface area contributed by atoms with E-state index in [2.05, 4.69) is 20.8 Å². The smallest absolute Gasteiger partial charge is 0.307 e. The highest BCUT2D eigenvalue weighted by atomic mass is 16.4. The molecule has 0 aromatic rings. The maximum absolute atomic E-state index is 10.9. The van der Waals surface area contributed by atoms with Crippen LogP contribution in [0, 0.1) is 5.92 Å². The van der Waals surface area contributed by atoms with E-state index in [0.29, 0.717) is 6.42 Å². The van der Waals surface area contributed by atoms with Crippen molar-refractivity contribution in [3.63, 3.8) is 0 Å². The fourth-order valence-electron chi connectivity index (χ4n) is 2.90. The first-order chi connectivity index (χ1) is 12.5. The van der Waals surface area contributed by atoms with E-state index >= 15 is 0 Å². The van der Waals surface area contributed by atoms with Gasteiger partial charge in [0.25, 0.3) is 0 Å². The molecule has 0 heterocycles. The molecule has 0 aromatic heterocycles. The Bertz CT molecular complexity index is 311. The SMILES string of the molecule is CCCCCC.CCCCCCCCCCCCC(CC(=O)O)C(=O)O. The van der Waals surface area contributed by atoms with Crippen molar-refractivity contribution >= 4 is 11.9 Å². The van der Waals surface area contributed by atoms with Gasteiger partial charge in [0.2, 0.25) is 0 Å². The molecule has 4 heteroatoms. The molecule has 2 N–H and O–H groups in total. The van der Waals surface area contributed by atoms with Gasteiger partial charge in [-0.1, -0.05) is 111 Å². The van der Waals surface area contributed by atoms with E-state index in [-0.39, 0.29) is 6.42 Å². The third kappa shape index (κ3) is 22.9. The Morgan fingerprint density at radius 2 is 0.962 bits per heavy atom. The Labute approximate surface area is 161 Å². The highest BCUT2D eigenvalue weighted by Gasteiger charge is 2.20. The molecule has 0 aromatic carbocycles. The number of carboxylic acid groups (broad SMARTS) is 2. The van der Waals surface area contributed by atoms with Crippen molar-refractivity contribution < 1.29 is 19.8 Å². The van der Waals surface area contributed by atoms with Crippen LogP contribution in [-0.4, -0.2) is 22.2 Å². The Kier molecular flexibility index (Phi) is 23.0. The molecule has 1 unspecified atom stereocenters. The van der Waals surface area contributed by atoms with E-state index in [4.69, 9.17) is 10.2 Å². The number of unbranched alkanes of at least 4 members (excludes halogenated alkanes) is 12. The van der Waals surface area contributed by atoms with E-state index in [1.165, 1.54) is 70.6 Å².